The van der Waals surface area contributed by atoms with Crippen LogP contribution in [-0.2, 0) is 19.8 Å². The van der Waals surface area contributed by atoms with Crippen molar-refractivity contribution in [1.82, 2.24) is 0 Å². The maximum atomic E-state index is 13.4. The standard InChI is InChI=1S/C18H23NO4S2/c1-3-7-16(20)14-24(21,17-8-5-4-6-9-17)19-25(22,23)18-12-10-15(2)11-13-18/h4-6,8-13,16,20H,3,7,14H2,1-2H3/t16-,24-/m1/s1. The molecular weight excluding hydrogens is 358 g/mol. The van der Waals surface area contributed by atoms with Crippen molar-refractivity contribution in [2.75, 3.05) is 5.75 Å². The van der Waals surface area contributed by atoms with Gasteiger partial charge in [0.2, 0.25) is 0 Å². The molecule has 25 heavy (non-hydrogen) atoms. The average Bonchev–Trinajstić information content (AvgIpc) is 2.55. The summed E-state index contributed by atoms with van der Waals surface area (Å²) in [6, 6.07) is 14.5. The van der Waals surface area contributed by atoms with E-state index in [9.17, 15) is 17.7 Å². The minimum absolute atomic E-state index is 0.00765. The molecule has 0 aliphatic rings. The van der Waals surface area contributed by atoms with Gasteiger partial charge in [-0.1, -0.05) is 49.2 Å². The minimum Gasteiger partial charge on any atom is -0.392 e. The molecule has 2 aromatic carbocycles. The van der Waals surface area contributed by atoms with Crippen LogP contribution in [0.3, 0.4) is 0 Å². The zero-order chi connectivity index (χ0) is 18.5. The third-order valence-electron chi connectivity index (χ3n) is 3.69. The summed E-state index contributed by atoms with van der Waals surface area (Å²) < 4.78 is 42.5. The Balaban J connectivity index is 2.56. The van der Waals surface area contributed by atoms with Gasteiger partial charge in [-0.15, -0.1) is 3.77 Å². The second kappa shape index (κ2) is 8.12. The van der Waals surface area contributed by atoms with Gasteiger partial charge in [0.25, 0.3) is 10.0 Å². The highest BCUT2D eigenvalue weighted by molar-refractivity contribution is 8.03. The number of aliphatic hydroxyl groups is 1. The van der Waals surface area contributed by atoms with Gasteiger partial charge in [-0.2, -0.15) is 8.42 Å². The van der Waals surface area contributed by atoms with Crippen LogP contribution < -0.4 is 0 Å². The van der Waals surface area contributed by atoms with Gasteiger partial charge in [0.05, 0.1) is 26.5 Å². The number of benzene rings is 2. The fourth-order valence-corrected chi connectivity index (χ4v) is 6.54. The summed E-state index contributed by atoms with van der Waals surface area (Å²) in [5.41, 5.74) is 0.918. The molecule has 0 unspecified atom stereocenters. The van der Waals surface area contributed by atoms with Crippen molar-refractivity contribution < 1.29 is 17.7 Å². The van der Waals surface area contributed by atoms with Gasteiger partial charge in [0.1, 0.15) is 0 Å². The smallest absolute Gasteiger partial charge is 0.290 e. The lowest BCUT2D eigenvalue weighted by Crippen LogP contribution is -2.22. The summed E-state index contributed by atoms with van der Waals surface area (Å²) in [4.78, 5) is 0.299. The second-order valence-corrected chi connectivity index (χ2v) is 10.0. The number of aliphatic hydroxyl groups excluding tert-OH is 1. The highest BCUT2D eigenvalue weighted by atomic mass is 32.3. The third kappa shape index (κ3) is 5.14. The summed E-state index contributed by atoms with van der Waals surface area (Å²) in [6.45, 7) is 3.75. The molecule has 0 aliphatic heterocycles. The molecule has 136 valence electrons. The summed E-state index contributed by atoms with van der Waals surface area (Å²) >= 11 is 0. The number of hydrogen-bond donors (Lipinski definition) is 1. The van der Waals surface area contributed by atoms with E-state index in [1.54, 1.807) is 42.5 Å². The molecule has 0 aromatic heterocycles. The topological polar surface area (TPSA) is 83.8 Å². The molecule has 5 nitrogen and oxygen atoms in total. The number of aryl methyl sites for hydroxylation is 1. The summed E-state index contributed by atoms with van der Waals surface area (Å²) in [5, 5.41) is 10.1. The molecule has 0 fully saturated rings. The van der Waals surface area contributed by atoms with Crippen LogP contribution in [0.5, 0.6) is 0 Å². The predicted molar refractivity (Wildman–Crippen MR) is 99.4 cm³/mol. The average molecular weight is 382 g/mol. The first-order valence-corrected chi connectivity index (χ1v) is 11.2. The normalized spacial score (nSPS) is 15.3. The molecule has 0 heterocycles. The number of nitrogens with zero attached hydrogens (tertiary/aromatic N) is 1. The Bertz CT molecular complexity index is 913. The van der Waals surface area contributed by atoms with Crippen LogP contribution >= 0.6 is 0 Å². The highest BCUT2D eigenvalue weighted by Crippen LogP contribution is 2.22. The molecule has 0 saturated heterocycles. The van der Waals surface area contributed by atoms with Crippen molar-refractivity contribution in [2.24, 2.45) is 3.77 Å². The van der Waals surface area contributed by atoms with Gasteiger partial charge >= 0.3 is 0 Å². The molecule has 0 aliphatic carbocycles. The van der Waals surface area contributed by atoms with Crippen molar-refractivity contribution in [3.63, 3.8) is 0 Å². The Morgan fingerprint density at radius 3 is 2.12 bits per heavy atom. The molecular formula is C18H23NO4S2. The second-order valence-electron chi connectivity index (χ2n) is 5.93. The Kier molecular flexibility index (Phi) is 6.37. The Hall–Kier alpha value is -1.70. The molecule has 1 N–H and O–H groups in total. The van der Waals surface area contributed by atoms with Crippen LogP contribution in [0.2, 0.25) is 0 Å². The Morgan fingerprint density at radius 1 is 0.960 bits per heavy atom. The van der Waals surface area contributed by atoms with Crippen LogP contribution in [-0.4, -0.2) is 29.6 Å². The summed E-state index contributed by atoms with van der Waals surface area (Å²) in [5.74, 6) is -0.212. The monoisotopic (exact) mass is 381 g/mol. The van der Waals surface area contributed by atoms with E-state index in [0.717, 1.165) is 5.56 Å². The molecule has 2 rings (SSSR count). The van der Waals surface area contributed by atoms with E-state index in [4.69, 9.17) is 0 Å². The van der Waals surface area contributed by atoms with Crippen LogP contribution in [0.4, 0.5) is 0 Å². The minimum atomic E-state index is -4.10. The lowest BCUT2D eigenvalue weighted by atomic mass is 10.2. The van der Waals surface area contributed by atoms with Gasteiger partial charge in [0, 0.05) is 4.90 Å². The van der Waals surface area contributed by atoms with Crippen molar-refractivity contribution in [2.45, 2.75) is 42.6 Å². The van der Waals surface area contributed by atoms with Crippen molar-refractivity contribution >= 4 is 19.8 Å². The third-order valence-corrected chi connectivity index (χ3v) is 8.15. The quantitative estimate of drug-likeness (QED) is 0.797. The summed E-state index contributed by atoms with van der Waals surface area (Å²) in [7, 11) is -7.42. The molecule has 0 spiro atoms. The number of sulfonamides is 1. The van der Waals surface area contributed by atoms with Crippen LogP contribution in [0.1, 0.15) is 25.3 Å². The number of hydrogen-bond acceptors (Lipinski definition) is 4. The lowest BCUT2D eigenvalue weighted by Gasteiger charge is -2.15. The van der Waals surface area contributed by atoms with E-state index >= 15 is 0 Å². The molecule has 2 aromatic rings. The first-order chi connectivity index (χ1) is 11.8. The van der Waals surface area contributed by atoms with Gasteiger partial charge in [-0.3, -0.25) is 0 Å². The van der Waals surface area contributed by atoms with Crippen LogP contribution in [0, 0.1) is 6.92 Å². The molecule has 0 bridgehead atoms. The van der Waals surface area contributed by atoms with Crippen molar-refractivity contribution in [3.8, 4) is 0 Å². The van der Waals surface area contributed by atoms with Gasteiger partial charge in [0.15, 0.2) is 0 Å². The molecule has 7 heteroatoms. The van der Waals surface area contributed by atoms with E-state index in [0.29, 0.717) is 17.7 Å². The van der Waals surface area contributed by atoms with Gasteiger partial charge < -0.3 is 5.11 Å². The number of rotatable bonds is 7. The highest BCUT2D eigenvalue weighted by Gasteiger charge is 2.23. The van der Waals surface area contributed by atoms with E-state index in [1.165, 1.54) is 12.1 Å². The maximum Gasteiger partial charge on any atom is 0.290 e. The Morgan fingerprint density at radius 2 is 1.56 bits per heavy atom. The van der Waals surface area contributed by atoms with Crippen LogP contribution in [0.25, 0.3) is 0 Å². The zero-order valence-corrected chi connectivity index (χ0v) is 16.0. The van der Waals surface area contributed by atoms with Gasteiger partial charge in [-0.25, -0.2) is 4.21 Å². The largest absolute Gasteiger partial charge is 0.392 e. The first kappa shape index (κ1) is 19.6. The summed E-state index contributed by atoms with van der Waals surface area (Å²) in [6.07, 6.45) is 0.259. The van der Waals surface area contributed by atoms with E-state index in [2.05, 4.69) is 3.77 Å². The molecule has 0 amide bonds. The fourth-order valence-electron chi connectivity index (χ4n) is 2.39. The fraction of sp³-hybridized carbons (Fsp3) is 0.333. The predicted octanol–water partition coefficient (Wildman–Crippen LogP) is 3.37. The van der Waals surface area contributed by atoms with E-state index in [-0.39, 0.29) is 10.6 Å². The van der Waals surface area contributed by atoms with Crippen molar-refractivity contribution in [1.29, 1.82) is 0 Å². The van der Waals surface area contributed by atoms with E-state index in [1.807, 2.05) is 13.8 Å². The van der Waals surface area contributed by atoms with E-state index < -0.39 is 25.9 Å². The molecule has 2 atom stereocenters. The Labute approximate surface area is 150 Å². The van der Waals surface area contributed by atoms with Crippen molar-refractivity contribution in [3.05, 3.63) is 60.2 Å². The zero-order valence-electron chi connectivity index (χ0n) is 14.3. The molecule has 0 saturated carbocycles. The lowest BCUT2D eigenvalue weighted by molar-refractivity contribution is 0.187. The van der Waals surface area contributed by atoms with Crippen LogP contribution in [0.15, 0.2) is 68.2 Å². The first-order valence-electron chi connectivity index (χ1n) is 8.08. The SMILES string of the molecule is CCC[C@@H](O)C[S@](=O)(=NS(=O)(=O)c1ccc(C)cc1)c1ccccc1. The molecule has 0 radical (unpaired) electrons. The van der Waals surface area contributed by atoms with Gasteiger partial charge in [-0.05, 0) is 37.6 Å². The maximum absolute atomic E-state index is 13.4.